The summed E-state index contributed by atoms with van der Waals surface area (Å²) in [5, 5.41) is 0. The van der Waals surface area contributed by atoms with Crippen LogP contribution in [0.2, 0.25) is 0 Å². The Morgan fingerprint density at radius 1 is 1.17 bits per heavy atom. The van der Waals surface area contributed by atoms with E-state index in [0.717, 1.165) is 35.2 Å². The lowest BCUT2D eigenvalue weighted by Gasteiger charge is -2.25. The number of benzene rings is 2. The van der Waals surface area contributed by atoms with Gasteiger partial charge >= 0.3 is 0 Å². The van der Waals surface area contributed by atoms with E-state index in [1.807, 2.05) is 35.2 Å². The van der Waals surface area contributed by atoms with Crippen LogP contribution in [0, 0.1) is 0 Å². The van der Waals surface area contributed by atoms with E-state index < -0.39 is 0 Å². The Bertz CT molecular complexity index is 747. The minimum atomic E-state index is 0.0334. The van der Waals surface area contributed by atoms with Crippen molar-refractivity contribution in [3.05, 3.63) is 58.1 Å². The van der Waals surface area contributed by atoms with Crippen LogP contribution in [-0.2, 0) is 0 Å². The summed E-state index contributed by atoms with van der Waals surface area (Å²) in [6, 6.07) is 13.5. The van der Waals surface area contributed by atoms with Gasteiger partial charge in [-0.1, -0.05) is 12.1 Å². The summed E-state index contributed by atoms with van der Waals surface area (Å²) in [7, 11) is 3.26. The number of rotatable bonds is 4. The highest BCUT2D eigenvalue weighted by Gasteiger charge is 2.31. The Morgan fingerprint density at radius 3 is 2.75 bits per heavy atom. The average Bonchev–Trinajstić information content (AvgIpc) is 3.11. The number of methoxy groups -OCH3 is 2. The molecule has 0 aliphatic carbocycles. The maximum atomic E-state index is 13.0. The zero-order valence-corrected chi connectivity index (χ0v) is 15.4. The van der Waals surface area contributed by atoms with E-state index in [1.54, 1.807) is 20.3 Å². The van der Waals surface area contributed by atoms with Crippen molar-refractivity contribution in [3.8, 4) is 11.5 Å². The van der Waals surface area contributed by atoms with Crippen molar-refractivity contribution in [1.29, 1.82) is 0 Å². The van der Waals surface area contributed by atoms with E-state index >= 15 is 0 Å². The number of likely N-dealkylation sites (tertiary alicyclic amines) is 1. The molecule has 0 saturated carbocycles. The third-order valence-electron chi connectivity index (χ3n) is 4.39. The highest BCUT2D eigenvalue weighted by molar-refractivity contribution is 9.10. The fourth-order valence-electron chi connectivity index (χ4n) is 3.16. The van der Waals surface area contributed by atoms with Gasteiger partial charge in [0.05, 0.1) is 24.7 Å². The number of hydrogen-bond donors (Lipinski definition) is 0. The highest BCUT2D eigenvalue weighted by atomic mass is 79.9. The molecule has 3 rings (SSSR count). The van der Waals surface area contributed by atoms with E-state index in [0.29, 0.717) is 11.3 Å². The third kappa shape index (κ3) is 3.26. The molecule has 0 N–H and O–H groups in total. The zero-order valence-electron chi connectivity index (χ0n) is 13.8. The Morgan fingerprint density at radius 2 is 2.00 bits per heavy atom. The molecule has 1 atom stereocenters. The number of nitrogens with zero attached hydrogens (tertiary/aromatic N) is 1. The summed E-state index contributed by atoms with van der Waals surface area (Å²) in [6.07, 6.45) is 1.97. The maximum absolute atomic E-state index is 13.0. The normalized spacial score (nSPS) is 17.0. The van der Waals surface area contributed by atoms with Gasteiger partial charge in [0.1, 0.15) is 11.5 Å². The van der Waals surface area contributed by atoms with Crippen LogP contribution in [0.3, 0.4) is 0 Å². The fourth-order valence-corrected chi connectivity index (χ4v) is 3.57. The summed E-state index contributed by atoms with van der Waals surface area (Å²) in [6.45, 7) is 0.763. The average molecular weight is 390 g/mol. The molecule has 1 amide bonds. The first-order chi connectivity index (χ1) is 11.6. The summed E-state index contributed by atoms with van der Waals surface area (Å²) < 4.78 is 11.5. The summed E-state index contributed by atoms with van der Waals surface area (Å²) in [5.41, 5.74) is 1.76. The van der Waals surface area contributed by atoms with Gasteiger partial charge < -0.3 is 14.4 Å². The molecule has 1 aliphatic heterocycles. The van der Waals surface area contributed by atoms with Crippen LogP contribution >= 0.6 is 15.9 Å². The fraction of sp³-hybridized carbons (Fsp3) is 0.316. The zero-order chi connectivity index (χ0) is 17.1. The lowest BCUT2D eigenvalue weighted by molar-refractivity contribution is 0.0735. The number of amides is 1. The lowest BCUT2D eigenvalue weighted by Crippen LogP contribution is -2.30. The molecule has 0 bridgehead atoms. The summed E-state index contributed by atoms with van der Waals surface area (Å²) in [4.78, 5) is 14.9. The van der Waals surface area contributed by atoms with Crippen molar-refractivity contribution in [3.63, 3.8) is 0 Å². The largest absolute Gasteiger partial charge is 0.497 e. The van der Waals surface area contributed by atoms with Gasteiger partial charge in [-0.25, -0.2) is 0 Å². The van der Waals surface area contributed by atoms with Crippen LogP contribution in [0.5, 0.6) is 11.5 Å². The topological polar surface area (TPSA) is 38.8 Å². The number of ether oxygens (including phenoxy) is 2. The molecule has 4 nitrogen and oxygen atoms in total. The Hall–Kier alpha value is -2.01. The Labute approximate surface area is 150 Å². The smallest absolute Gasteiger partial charge is 0.254 e. The molecular formula is C19H20BrNO3. The Kier molecular flexibility index (Phi) is 5.09. The monoisotopic (exact) mass is 389 g/mol. The second-order valence-corrected chi connectivity index (χ2v) is 6.64. The van der Waals surface area contributed by atoms with Gasteiger partial charge in [0, 0.05) is 12.1 Å². The van der Waals surface area contributed by atoms with Crippen LogP contribution in [0.4, 0.5) is 0 Å². The first-order valence-electron chi connectivity index (χ1n) is 7.92. The van der Waals surface area contributed by atoms with Gasteiger partial charge in [0.25, 0.3) is 5.91 Å². The number of hydrogen-bond acceptors (Lipinski definition) is 3. The van der Waals surface area contributed by atoms with Gasteiger partial charge in [-0.2, -0.15) is 0 Å². The molecule has 1 saturated heterocycles. The molecular weight excluding hydrogens is 370 g/mol. The summed E-state index contributed by atoms with van der Waals surface area (Å²) >= 11 is 3.42. The van der Waals surface area contributed by atoms with Gasteiger partial charge in [-0.15, -0.1) is 0 Å². The van der Waals surface area contributed by atoms with Crippen LogP contribution in [0.15, 0.2) is 46.9 Å². The molecule has 5 heteroatoms. The van der Waals surface area contributed by atoms with Crippen molar-refractivity contribution < 1.29 is 14.3 Å². The molecule has 2 aromatic rings. The van der Waals surface area contributed by atoms with Crippen molar-refractivity contribution >= 4 is 21.8 Å². The standard InChI is InChI=1S/C19H20BrNO3/c1-23-15-6-3-5-13(11-15)17-7-4-10-21(17)19(22)14-8-9-16(20)18(12-14)24-2/h3,5-6,8-9,11-12,17H,4,7,10H2,1-2H3. The van der Waals surface area contributed by atoms with Crippen molar-refractivity contribution in [2.75, 3.05) is 20.8 Å². The molecule has 0 spiro atoms. The predicted octanol–water partition coefficient (Wildman–Crippen LogP) is 4.44. The van der Waals surface area contributed by atoms with E-state index in [-0.39, 0.29) is 11.9 Å². The van der Waals surface area contributed by atoms with E-state index in [4.69, 9.17) is 9.47 Å². The molecule has 1 aliphatic rings. The van der Waals surface area contributed by atoms with Gasteiger partial charge in [-0.05, 0) is 64.7 Å². The van der Waals surface area contributed by atoms with Crippen molar-refractivity contribution in [2.24, 2.45) is 0 Å². The molecule has 24 heavy (non-hydrogen) atoms. The van der Waals surface area contributed by atoms with Gasteiger partial charge in [0.15, 0.2) is 0 Å². The van der Waals surface area contributed by atoms with Crippen LogP contribution < -0.4 is 9.47 Å². The van der Waals surface area contributed by atoms with E-state index in [2.05, 4.69) is 22.0 Å². The Balaban J connectivity index is 1.88. The second kappa shape index (κ2) is 7.26. The van der Waals surface area contributed by atoms with Crippen LogP contribution in [-0.4, -0.2) is 31.6 Å². The number of halogens is 1. The minimum Gasteiger partial charge on any atom is -0.497 e. The van der Waals surface area contributed by atoms with Crippen LogP contribution in [0.1, 0.15) is 34.8 Å². The maximum Gasteiger partial charge on any atom is 0.254 e. The van der Waals surface area contributed by atoms with Crippen molar-refractivity contribution in [2.45, 2.75) is 18.9 Å². The SMILES string of the molecule is COc1cccc(C2CCCN2C(=O)c2ccc(Br)c(OC)c2)c1. The van der Waals surface area contributed by atoms with Crippen LogP contribution in [0.25, 0.3) is 0 Å². The first-order valence-corrected chi connectivity index (χ1v) is 8.72. The molecule has 0 aromatic heterocycles. The summed E-state index contributed by atoms with van der Waals surface area (Å²) in [5.74, 6) is 1.52. The third-order valence-corrected chi connectivity index (χ3v) is 5.05. The van der Waals surface area contributed by atoms with E-state index in [9.17, 15) is 4.79 Å². The quantitative estimate of drug-likeness (QED) is 0.775. The van der Waals surface area contributed by atoms with Gasteiger partial charge in [-0.3, -0.25) is 4.79 Å². The number of carbonyl (C=O) groups is 1. The first kappa shape index (κ1) is 16.8. The molecule has 0 radical (unpaired) electrons. The second-order valence-electron chi connectivity index (χ2n) is 5.78. The number of carbonyl (C=O) groups excluding carboxylic acids is 1. The molecule has 126 valence electrons. The molecule has 2 aromatic carbocycles. The van der Waals surface area contributed by atoms with Crippen molar-refractivity contribution in [1.82, 2.24) is 4.90 Å². The minimum absolute atomic E-state index is 0.0334. The molecule has 1 unspecified atom stereocenters. The highest BCUT2D eigenvalue weighted by Crippen LogP contribution is 2.35. The molecule has 1 heterocycles. The lowest BCUT2D eigenvalue weighted by atomic mass is 10.0. The predicted molar refractivity (Wildman–Crippen MR) is 96.7 cm³/mol. The molecule has 1 fully saturated rings. The van der Waals surface area contributed by atoms with E-state index in [1.165, 1.54) is 0 Å². The van der Waals surface area contributed by atoms with Gasteiger partial charge in [0.2, 0.25) is 0 Å².